The van der Waals surface area contributed by atoms with Gasteiger partial charge in [0.25, 0.3) is 0 Å². The number of aryl methyl sites for hydroxylation is 2. The lowest BCUT2D eigenvalue weighted by Gasteiger charge is -2.12. The fourth-order valence-electron chi connectivity index (χ4n) is 2.97. The molecule has 2 N–H and O–H groups in total. The number of hydrazone groups is 1. The van der Waals surface area contributed by atoms with E-state index < -0.39 is 11.8 Å². The van der Waals surface area contributed by atoms with Crippen molar-refractivity contribution in [3.8, 4) is 11.5 Å². The lowest BCUT2D eigenvalue weighted by atomic mass is 10.1. The third-order valence-corrected chi connectivity index (χ3v) is 5.06. The molecular formula is C25H24ClN3O4. The highest BCUT2D eigenvalue weighted by atomic mass is 35.5. The number of methoxy groups -OCH3 is 1. The fraction of sp³-hybridized carbons (Fsp3) is 0.160. The van der Waals surface area contributed by atoms with Crippen LogP contribution in [0.4, 0.5) is 5.69 Å². The van der Waals surface area contributed by atoms with Crippen LogP contribution in [0.1, 0.15) is 22.3 Å². The zero-order valence-corrected chi connectivity index (χ0v) is 19.3. The molecule has 3 aromatic carbocycles. The fourth-order valence-corrected chi connectivity index (χ4v) is 3.16. The average molecular weight is 466 g/mol. The lowest BCUT2D eigenvalue weighted by Crippen LogP contribution is -2.32. The molecule has 3 rings (SSSR count). The number of nitrogens with zero attached hydrogens (tertiary/aromatic N) is 1. The highest BCUT2D eigenvalue weighted by Crippen LogP contribution is 2.26. The first kappa shape index (κ1) is 23.8. The van der Waals surface area contributed by atoms with Crippen LogP contribution in [0.2, 0.25) is 5.02 Å². The maximum absolute atomic E-state index is 12.2. The molecule has 0 bridgehead atoms. The van der Waals surface area contributed by atoms with Gasteiger partial charge in [0.15, 0.2) is 0 Å². The van der Waals surface area contributed by atoms with Crippen molar-refractivity contribution >= 4 is 35.3 Å². The van der Waals surface area contributed by atoms with Gasteiger partial charge >= 0.3 is 11.8 Å². The Labute approximate surface area is 197 Å². The molecule has 2 amide bonds. The molecule has 7 nitrogen and oxygen atoms in total. The molecule has 0 aromatic heterocycles. The normalized spacial score (nSPS) is 10.7. The van der Waals surface area contributed by atoms with E-state index >= 15 is 0 Å². The molecule has 0 spiro atoms. The van der Waals surface area contributed by atoms with Crippen molar-refractivity contribution in [3.05, 3.63) is 87.9 Å². The van der Waals surface area contributed by atoms with Crippen molar-refractivity contribution in [2.24, 2.45) is 5.10 Å². The number of carbonyl (C=O) groups excluding carboxylic acids is 2. The van der Waals surface area contributed by atoms with Crippen LogP contribution >= 0.6 is 11.6 Å². The summed E-state index contributed by atoms with van der Waals surface area (Å²) in [4.78, 5) is 24.3. The Kier molecular flexibility index (Phi) is 8.05. The molecule has 0 aliphatic rings. The predicted octanol–water partition coefficient (Wildman–Crippen LogP) is 4.63. The first-order valence-electron chi connectivity index (χ1n) is 10.1. The summed E-state index contributed by atoms with van der Waals surface area (Å²) >= 11 is 6.14. The van der Waals surface area contributed by atoms with Crippen LogP contribution in [-0.2, 0) is 16.2 Å². The van der Waals surface area contributed by atoms with Gasteiger partial charge in [-0.3, -0.25) is 9.59 Å². The molecule has 0 saturated carbocycles. The number of benzene rings is 3. The summed E-state index contributed by atoms with van der Waals surface area (Å²) in [6, 6.07) is 18.1. The standard InChI is InChI=1S/C25H24ClN3O4/c1-16-8-9-17(2)21(12-16)28-24(30)25(31)29-27-14-18-10-11-22(32-3)19(13-18)15-33-23-7-5-4-6-20(23)26/h4-14H,15H2,1-3H3,(H,28,30)(H,29,31). The molecule has 0 fully saturated rings. The quantitative estimate of drug-likeness (QED) is 0.302. The van der Waals surface area contributed by atoms with Crippen LogP contribution < -0.4 is 20.2 Å². The van der Waals surface area contributed by atoms with E-state index in [4.69, 9.17) is 21.1 Å². The van der Waals surface area contributed by atoms with E-state index in [9.17, 15) is 9.59 Å². The van der Waals surface area contributed by atoms with Crippen LogP contribution in [0.25, 0.3) is 0 Å². The SMILES string of the molecule is COc1ccc(C=NNC(=O)C(=O)Nc2cc(C)ccc2C)cc1COc1ccccc1Cl. The first-order valence-corrected chi connectivity index (χ1v) is 10.5. The van der Waals surface area contributed by atoms with Gasteiger partial charge < -0.3 is 14.8 Å². The molecule has 8 heteroatoms. The minimum absolute atomic E-state index is 0.221. The van der Waals surface area contributed by atoms with Crippen LogP contribution in [0.15, 0.2) is 65.8 Å². The smallest absolute Gasteiger partial charge is 0.329 e. The molecule has 0 radical (unpaired) electrons. The Balaban J connectivity index is 1.62. The van der Waals surface area contributed by atoms with Crippen molar-refractivity contribution in [1.82, 2.24) is 5.43 Å². The van der Waals surface area contributed by atoms with Gasteiger partial charge in [0.2, 0.25) is 0 Å². The van der Waals surface area contributed by atoms with Crippen molar-refractivity contribution in [3.63, 3.8) is 0 Å². The van der Waals surface area contributed by atoms with Gasteiger partial charge in [-0.2, -0.15) is 5.10 Å². The van der Waals surface area contributed by atoms with Crippen LogP contribution in [0.5, 0.6) is 11.5 Å². The van der Waals surface area contributed by atoms with E-state index in [0.717, 1.165) is 16.7 Å². The zero-order valence-electron chi connectivity index (χ0n) is 18.5. The summed E-state index contributed by atoms with van der Waals surface area (Å²) in [5.41, 5.74) is 6.10. The monoisotopic (exact) mass is 465 g/mol. The van der Waals surface area contributed by atoms with E-state index in [0.29, 0.717) is 27.8 Å². The Hall–Kier alpha value is -3.84. The summed E-state index contributed by atoms with van der Waals surface area (Å²) in [6.45, 7) is 3.98. The summed E-state index contributed by atoms with van der Waals surface area (Å²) in [6.07, 6.45) is 1.43. The van der Waals surface area contributed by atoms with Crippen LogP contribution in [0.3, 0.4) is 0 Å². The molecule has 0 heterocycles. The number of hydrogen-bond donors (Lipinski definition) is 2. The third kappa shape index (κ3) is 6.57. The first-order chi connectivity index (χ1) is 15.9. The number of para-hydroxylation sites is 1. The molecule has 0 aliphatic carbocycles. The number of ether oxygens (including phenoxy) is 2. The Bertz CT molecular complexity index is 1190. The maximum atomic E-state index is 12.2. The Morgan fingerprint density at radius 1 is 1.00 bits per heavy atom. The number of hydrogen-bond acceptors (Lipinski definition) is 5. The highest BCUT2D eigenvalue weighted by Gasteiger charge is 2.14. The second-order valence-corrected chi connectivity index (χ2v) is 7.67. The average Bonchev–Trinajstić information content (AvgIpc) is 2.81. The molecule has 0 saturated heterocycles. The number of rotatable bonds is 7. The minimum Gasteiger partial charge on any atom is -0.496 e. The van der Waals surface area contributed by atoms with E-state index in [1.54, 1.807) is 37.4 Å². The molecule has 33 heavy (non-hydrogen) atoms. The summed E-state index contributed by atoms with van der Waals surface area (Å²) in [7, 11) is 1.57. The maximum Gasteiger partial charge on any atom is 0.329 e. The van der Waals surface area contributed by atoms with Crippen LogP contribution in [-0.4, -0.2) is 25.1 Å². The number of carbonyl (C=O) groups is 2. The van der Waals surface area contributed by atoms with Crippen molar-refractivity contribution in [1.29, 1.82) is 0 Å². The molecular weight excluding hydrogens is 442 g/mol. The molecule has 0 aliphatic heterocycles. The van der Waals surface area contributed by atoms with Crippen molar-refractivity contribution in [2.75, 3.05) is 12.4 Å². The summed E-state index contributed by atoms with van der Waals surface area (Å²) in [5, 5.41) is 6.99. The van der Waals surface area contributed by atoms with Gasteiger partial charge in [-0.15, -0.1) is 0 Å². The van der Waals surface area contributed by atoms with Crippen LogP contribution in [0, 0.1) is 13.8 Å². The van der Waals surface area contributed by atoms with E-state index in [1.165, 1.54) is 6.21 Å². The van der Waals surface area contributed by atoms with Gasteiger partial charge in [0, 0.05) is 11.3 Å². The third-order valence-electron chi connectivity index (χ3n) is 4.75. The Morgan fingerprint density at radius 3 is 2.55 bits per heavy atom. The number of nitrogens with one attached hydrogen (secondary N) is 2. The molecule has 170 valence electrons. The summed E-state index contributed by atoms with van der Waals surface area (Å²) in [5.74, 6) is -0.481. The van der Waals surface area contributed by atoms with Crippen molar-refractivity contribution < 1.29 is 19.1 Å². The van der Waals surface area contributed by atoms with E-state index in [-0.39, 0.29) is 6.61 Å². The summed E-state index contributed by atoms with van der Waals surface area (Å²) < 4.78 is 11.2. The topological polar surface area (TPSA) is 89.0 Å². The predicted molar refractivity (Wildman–Crippen MR) is 129 cm³/mol. The van der Waals surface area contributed by atoms with E-state index in [1.807, 2.05) is 44.2 Å². The van der Waals surface area contributed by atoms with Crippen molar-refractivity contribution in [2.45, 2.75) is 20.5 Å². The Morgan fingerprint density at radius 2 is 1.79 bits per heavy atom. The van der Waals surface area contributed by atoms with Gasteiger partial charge in [-0.25, -0.2) is 5.43 Å². The van der Waals surface area contributed by atoms with E-state index in [2.05, 4.69) is 15.8 Å². The second kappa shape index (κ2) is 11.2. The molecule has 3 aromatic rings. The van der Waals surface area contributed by atoms with Gasteiger partial charge in [0.1, 0.15) is 18.1 Å². The van der Waals surface area contributed by atoms with Gasteiger partial charge in [0.05, 0.1) is 18.3 Å². The van der Waals surface area contributed by atoms with Gasteiger partial charge in [-0.1, -0.05) is 35.9 Å². The molecule has 0 atom stereocenters. The number of anilines is 1. The highest BCUT2D eigenvalue weighted by molar-refractivity contribution is 6.39. The number of amides is 2. The lowest BCUT2D eigenvalue weighted by molar-refractivity contribution is -0.136. The zero-order chi connectivity index (χ0) is 23.8. The van der Waals surface area contributed by atoms with Gasteiger partial charge in [-0.05, 0) is 66.9 Å². The molecule has 0 unspecified atom stereocenters. The number of halogens is 1. The second-order valence-electron chi connectivity index (χ2n) is 7.26. The largest absolute Gasteiger partial charge is 0.496 e. The minimum atomic E-state index is -0.872.